The molecule has 1 fully saturated rings. The van der Waals surface area contributed by atoms with Gasteiger partial charge in [-0.25, -0.2) is 9.97 Å². The fraction of sp³-hybridized carbons (Fsp3) is 0.500. The molecule has 0 amide bonds. The van der Waals surface area contributed by atoms with E-state index in [0.29, 0.717) is 17.6 Å². The Bertz CT molecular complexity index is 364. The largest absolute Gasteiger partial charge is 0.366 e. The van der Waals surface area contributed by atoms with Crippen LogP contribution in [0.2, 0.25) is 0 Å². The molecule has 0 bridgehead atoms. The highest BCUT2D eigenvalue weighted by molar-refractivity contribution is 5.46. The Morgan fingerprint density at radius 2 is 2.40 bits per heavy atom. The van der Waals surface area contributed by atoms with Crippen LogP contribution in [0, 0.1) is 11.3 Å². The van der Waals surface area contributed by atoms with Gasteiger partial charge in [0, 0.05) is 25.0 Å². The summed E-state index contributed by atoms with van der Waals surface area (Å²) in [5, 5.41) is 15.3. The first-order chi connectivity index (χ1) is 7.40. The Morgan fingerprint density at radius 3 is 3.13 bits per heavy atom. The van der Waals surface area contributed by atoms with E-state index in [4.69, 9.17) is 5.26 Å². The van der Waals surface area contributed by atoms with Gasteiger partial charge in [-0.15, -0.1) is 0 Å². The molecule has 1 aliphatic heterocycles. The number of hydrogen-bond donors (Lipinski definition) is 2. The molecule has 78 valence electrons. The van der Waals surface area contributed by atoms with Crippen LogP contribution in [0.5, 0.6) is 0 Å². The van der Waals surface area contributed by atoms with Gasteiger partial charge in [0.2, 0.25) is 0 Å². The van der Waals surface area contributed by atoms with Gasteiger partial charge in [-0.1, -0.05) is 0 Å². The van der Waals surface area contributed by atoms with E-state index in [-0.39, 0.29) is 0 Å². The molecule has 0 saturated carbocycles. The molecule has 1 saturated heterocycles. The molecule has 0 radical (unpaired) electrons. The van der Waals surface area contributed by atoms with Crippen LogP contribution in [-0.2, 0) is 0 Å². The summed E-state index contributed by atoms with van der Waals surface area (Å²) < 4.78 is 0. The molecular formula is C10H13N5. The van der Waals surface area contributed by atoms with Crippen molar-refractivity contribution in [2.75, 3.05) is 18.4 Å². The molecule has 5 nitrogen and oxygen atoms in total. The second-order valence-electron chi connectivity index (χ2n) is 3.54. The van der Waals surface area contributed by atoms with Crippen molar-refractivity contribution >= 4 is 5.82 Å². The van der Waals surface area contributed by atoms with Crippen LogP contribution in [0.4, 0.5) is 5.82 Å². The number of rotatable bonds is 3. The van der Waals surface area contributed by atoms with E-state index >= 15 is 0 Å². The lowest BCUT2D eigenvalue weighted by Crippen LogP contribution is -2.29. The molecule has 0 spiro atoms. The number of nitriles is 1. The lowest BCUT2D eigenvalue weighted by Gasteiger charge is -2.11. The van der Waals surface area contributed by atoms with Crippen molar-refractivity contribution in [3.05, 3.63) is 18.1 Å². The second-order valence-corrected chi connectivity index (χ2v) is 3.54. The van der Waals surface area contributed by atoms with E-state index in [9.17, 15) is 0 Å². The number of nitrogens with one attached hydrogen (secondary N) is 2. The molecule has 1 atom stereocenters. The summed E-state index contributed by atoms with van der Waals surface area (Å²) in [7, 11) is 0. The normalized spacial score (nSPS) is 19.8. The Hall–Kier alpha value is -1.67. The van der Waals surface area contributed by atoms with Crippen LogP contribution in [-0.4, -0.2) is 29.1 Å². The van der Waals surface area contributed by atoms with Crippen molar-refractivity contribution in [2.24, 2.45) is 0 Å². The average Bonchev–Trinajstić information content (AvgIpc) is 2.79. The van der Waals surface area contributed by atoms with E-state index in [2.05, 4.69) is 20.6 Å². The zero-order chi connectivity index (χ0) is 10.5. The highest BCUT2D eigenvalue weighted by Gasteiger charge is 2.14. The summed E-state index contributed by atoms with van der Waals surface area (Å²) in [5.74, 6) is 0.577. The van der Waals surface area contributed by atoms with Crippen LogP contribution >= 0.6 is 0 Å². The highest BCUT2D eigenvalue weighted by atomic mass is 15.1. The fourth-order valence-electron chi connectivity index (χ4n) is 1.70. The van der Waals surface area contributed by atoms with Gasteiger partial charge in [-0.2, -0.15) is 5.26 Å². The summed E-state index contributed by atoms with van der Waals surface area (Å²) in [6, 6.07) is 2.50. The van der Waals surface area contributed by atoms with Gasteiger partial charge >= 0.3 is 0 Å². The van der Waals surface area contributed by atoms with E-state index in [1.54, 1.807) is 6.20 Å². The highest BCUT2D eigenvalue weighted by Crippen LogP contribution is 2.09. The lowest BCUT2D eigenvalue weighted by atomic mass is 10.2. The van der Waals surface area contributed by atoms with Gasteiger partial charge in [-0.05, 0) is 19.4 Å². The van der Waals surface area contributed by atoms with Gasteiger partial charge in [0.25, 0.3) is 0 Å². The quantitative estimate of drug-likeness (QED) is 0.748. The maximum absolute atomic E-state index is 8.80. The molecule has 2 N–H and O–H groups in total. The molecule has 2 heterocycles. The van der Waals surface area contributed by atoms with Crippen molar-refractivity contribution in [3.63, 3.8) is 0 Å². The van der Waals surface area contributed by atoms with E-state index in [0.717, 1.165) is 13.1 Å². The molecule has 15 heavy (non-hydrogen) atoms. The van der Waals surface area contributed by atoms with E-state index < -0.39 is 0 Å². The molecule has 0 aliphatic carbocycles. The first kappa shape index (κ1) is 9.87. The van der Waals surface area contributed by atoms with Crippen LogP contribution in [0.15, 0.2) is 12.4 Å². The topological polar surface area (TPSA) is 73.6 Å². The molecule has 1 aliphatic rings. The predicted molar refractivity (Wildman–Crippen MR) is 56.3 cm³/mol. The zero-order valence-electron chi connectivity index (χ0n) is 8.40. The van der Waals surface area contributed by atoms with Gasteiger partial charge in [0.1, 0.15) is 6.07 Å². The Labute approximate surface area is 88.5 Å². The fourth-order valence-corrected chi connectivity index (χ4v) is 1.70. The smallest absolute Gasteiger partial charge is 0.182 e. The number of anilines is 1. The van der Waals surface area contributed by atoms with Gasteiger partial charge in [-0.3, -0.25) is 0 Å². The summed E-state index contributed by atoms with van der Waals surface area (Å²) in [6.45, 7) is 1.88. The van der Waals surface area contributed by atoms with Gasteiger partial charge < -0.3 is 10.6 Å². The van der Waals surface area contributed by atoms with Crippen molar-refractivity contribution in [3.8, 4) is 6.07 Å². The molecule has 0 aromatic carbocycles. The molecule has 1 aromatic heterocycles. The molecule has 1 aromatic rings. The van der Waals surface area contributed by atoms with E-state index in [1.165, 1.54) is 19.0 Å². The summed E-state index contributed by atoms with van der Waals surface area (Å²) in [6.07, 6.45) is 5.51. The monoisotopic (exact) mass is 203 g/mol. The molecule has 5 heteroatoms. The second kappa shape index (κ2) is 4.71. The molecular weight excluding hydrogens is 190 g/mol. The predicted octanol–water partition coefficient (Wildman–Crippen LogP) is 0.512. The first-order valence-corrected chi connectivity index (χ1v) is 5.08. The van der Waals surface area contributed by atoms with Crippen molar-refractivity contribution in [1.82, 2.24) is 15.3 Å². The Balaban J connectivity index is 1.95. The standard InChI is InChI=1S/C10H13N5/c11-6-9-10(14-5-4-13-9)15-7-8-2-1-3-12-8/h4-5,8,12H,1-3,7H2,(H,14,15). The lowest BCUT2D eigenvalue weighted by molar-refractivity contribution is 0.632. The first-order valence-electron chi connectivity index (χ1n) is 5.08. The third-order valence-corrected chi connectivity index (χ3v) is 2.48. The minimum Gasteiger partial charge on any atom is -0.366 e. The van der Waals surface area contributed by atoms with Crippen LogP contribution in [0.25, 0.3) is 0 Å². The maximum Gasteiger partial charge on any atom is 0.182 e. The number of hydrogen-bond acceptors (Lipinski definition) is 5. The Kier molecular flexibility index (Phi) is 3.10. The van der Waals surface area contributed by atoms with Crippen LogP contribution in [0.3, 0.4) is 0 Å². The minimum atomic E-state index is 0.357. The number of nitrogens with zero attached hydrogens (tertiary/aromatic N) is 3. The summed E-state index contributed by atoms with van der Waals surface area (Å²) in [4.78, 5) is 8.02. The zero-order valence-corrected chi connectivity index (χ0v) is 8.40. The summed E-state index contributed by atoms with van der Waals surface area (Å²) >= 11 is 0. The average molecular weight is 203 g/mol. The van der Waals surface area contributed by atoms with Crippen LogP contribution < -0.4 is 10.6 Å². The van der Waals surface area contributed by atoms with E-state index in [1.807, 2.05) is 6.07 Å². The summed E-state index contributed by atoms with van der Waals surface area (Å²) in [5.41, 5.74) is 0.357. The minimum absolute atomic E-state index is 0.357. The van der Waals surface area contributed by atoms with Gasteiger partial charge in [0.05, 0.1) is 0 Å². The molecule has 2 rings (SSSR count). The maximum atomic E-state index is 8.80. The number of aromatic nitrogens is 2. The van der Waals surface area contributed by atoms with Crippen molar-refractivity contribution in [1.29, 1.82) is 5.26 Å². The SMILES string of the molecule is N#Cc1nccnc1NCC1CCCN1. The van der Waals surface area contributed by atoms with Crippen molar-refractivity contribution < 1.29 is 0 Å². The van der Waals surface area contributed by atoms with Gasteiger partial charge in [0.15, 0.2) is 11.5 Å². The third-order valence-electron chi connectivity index (χ3n) is 2.48. The molecule has 1 unspecified atom stereocenters. The third kappa shape index (κ3) is 2.42. The van der Waals surface area contributed by atoms with Crippen LogP contribution in [0.1, 0.15) is 18.5 Å². The van der Waals surface area contributed by atoms with Crippen molar-refractivity contribution in [2.45, 2.75) is 18.9 Å². The Morgan fingerprint density at radius 1 is 1.53 bits per heavy atom.